The molecule has 0 spiro atoms. The zero-order chi connectivity index (χ0) is 27.8. The molecule has 0 atom stereocenters. The van der Waals surface area contributed by atoms with Crippen LogP contribution in [0.5, 0.6) is 0 Å². The number of nitrogens with one attached hydrogen (secondary N) is 4. The third-order valence-corrected chi connectivity index (χ3v) is 7.52. The Morgan fingerprint density at radius 2 is 1.64 bits per heavy atom. The van der Waals surface area contributed by atoms with Crippen LogP contribution in [-0.4, -0.2) is 42.3 Å². The first-order chi connectivity index (χ1) is 18.6. The highest BCUT2D eigenvalue weighted by Gasteiger charge is 2.53. The summed E-state index contributed by atoms with van der Waals surface area (Å²) in [4.78, 5) is 37.5. The second-order valence-corrected chi connectivity index (χ2v) is 10.2. The van der Waals surface area contributed by atoms with Crippen LogP contribution in [0.1, 0.15) is 49.1 Å². The molecule has 202 valence electrons. The van der Waals surface area contributed by atoms with Gasteiger partial charge in [-0.05, 0) is 61.1 Å². The molecule has 5 rings (SSSR count). The number of alkyl halides is 2. The quantitative estimate of drug-likeness (QED) is 0.312. The Morgan fingerprint density at radius 3 is 2.28 bits per heavy atom. The van der Waals surface area contributed by atoms with E-state index < -0.39 is 41.7 Å². The number of hydrogen-bond donors (Lipinski definition) is 4. The fourth-order valence-electron chi connectivity index (χ4n) is 4.90. The Labute approximate surface area is 222 Å². The first-order valence-corrected chi connectivity index (χ1v) is 12.6. The fraction of sp³-hybridized carbons (Fsp3) is 0.357. The van der Waals surface area contributed by atoms with Crippen LogP contribution in [-0.2, 0) is 9.59 Å². The smallest absolute Gasteiger partial charge is 0.287 e. The molecule has 2 aliphatic carbocycles. The summed E-state index contributed by atoms with van der Waals surface area (Å²) in [7, 11) is 1.74. The topological polar surface area (TPSA) is 136 Å². The number of nitrogens with zero attached hydrogens (tertiary/aromatic N) is 1. The highest BCUT2D eigenvalue weighted by molar-refractivity contribution is 6.01. The molecule has 3 aromatic rings. The number of carbonyl (C=O) groups is 3. The number of halogens is 2. The van der Waals surface area contributed by atoms with Gasteiger partial charge in [-0.3, -0.25) is 14.4 Å². The lowest BCUT2D eigenvalue weighted by molar-refractivity contribution is -0.133. The van der Waals surface area contributed by atoms with E-state index in [0.717, 1.165) is 16.8 Å². The number of rotatable bonds is 8. The molecule has 0 saturated heterocycles. The van der Waals surface area contributed by atoms with E-state index in [0.29, 0.717) is 35.9 Å². The summed E-state index contributed by atoms with van der Waals surface area (Å²) in [5, 5.41) is 21.0. The van der Waals surface area contributed by atoms with Crippen LogP contribution in [0.4, 0.5) is 20.2 Å². The molecule has 3 amide bonds. The zero-order valence-corrected chi connectivity index (χ0v) is 21.2. The molecular weight excluding hydrogens is 508 g/mol. The Morgan fingerprint density at radius 1 is 0.949 bits per heavy atom. The van der Waals surface area contributed by atoms with E-state index in [1.807, 2.05) is 18.2 Å². The zero-order valence-electron chi connectivity index (χ0n) is 21.2. The molecule has 2 fully saturated rings. The second-order valence-electron chi connectivity index (χ2n) is 10.2. The minimum Gasteiger partial charge on any atom is -0.451 e. The van der Waals surface area contributed by atoms with Gasteiger partial charge in [0.15, 0.2) is 5.76 Å². The molecule has 2 saturated carbocycles. The second kappa shape index (κ2) is 9.69. The minimum atomic E-state index is -2.93. The maximum atomic E-state index is 14.0. The Bertz CT molecular complexity index is 1500. The molecule has 4 N–H and O–H groups in total. The summed E-state index contributed by atoms with van der Waals surface area (Å²) < 4.78 is 33.8. The Balaban J connectivity index is 1.40. The van der Waals surface area contributed by atoms with Crippen molar-refractivity contribution >= 4 is 40.6 Å². The predicted octanol–water partition coefficient (Wildman–Crippen LogP) is 4.56. The molecule has 0 bridgehead atoms. The maximum absolute atomic E-state index is 14.0. The van der Waals surface area contributed by atoms with E-state index in [1.165, 1.54) is 6.07 Å². The van der Waals surface area contributed by atoms with Crippen molar-refractivity contribution in [2.45, 2.75) is 55.5 Å². The average molecular weight is 536 g/mol. The summed E-state index contributed by atoms with van der Waals surface area (Å²) in [6.07, 6.45) is -0.0935. The van der Waals surface area contributed by atoms with Gasteiger partial charge in [0.1, 0.15) is 16.7 Å². The van der Waals surface area contributed by atoms with Gasteiger partial charge in [0.25, 0.3) is 5.91 Å². The highest BCUT2D eigenvalue weighted by Crippen LogP contribution is 2.41. The molecule has 1 heterocycles. The summed E-state index contributed by atoms with van der Waals surface area (Å²) in [5.41, 5.74) is 0.740. The van der Waals surface area contributed by atoms with Crippen LogP contribution in [0, 0.1) is 11.3 Å². The van der Waals surface area contributed by atoms with Crippen molar-refractivity contribution in [1.82, 2.24) is 10.6 Å². The number of hydrogen-bond acceptors (Lipinski definition) is 6. The molecular formula is C28H27F2N5O4. The number of carbonyl (C=O) groups excluding carboxylic acids is 3. The van der Waals surface area contributed by atoms with Crippen LogP contribution >= 0.6 is 0 Å². The van der Waals surface area contributed by atoms with Gasteiger partial charge in [-0.2, -0.15) is 5.26 Å². The number of anilines is 2. The predicted molar refractivity (Wildman–Crippen MR) is 140 cm³/mol. The van der Waals surface area contributed by atoms with Crippen molar-refractivity contribution in [2.75, 3.05) is 17.7 Å². The third kappa shape index (κ3) is 5.14. The lowest BCUT2D eigenvalue weighted by atomic mass is 9.78. The van der Waals surface area contributed by atoms with E-state index in [2.05, 4.69) is 27.3 Å². The van der Waals surface area contributed by atoms with E-state index in [4.69, 9.17) is 4.42 Å². The lowest BCUT2D eigenvalue weighted by Crippen LogP contribution is -2.62. The number of amides is 3. The molecule has 0 radical (unpaired) electrons. The summed E-state index contributed by atoms with van der Waals surface area (Å²) in [6.45, 7) is 0. The average Bonchev–Trinajstić information content (AvgIpc) is 3.56. The monoisotopic (exact) mass is 535 g/mol. The Kier molecular flexibility index (Phi) is 6.50. The Hall–Kier alpha value is -4.46. The van der Waals surface area contributed by atoms with Gasteiger partial charge >= 0.3 is 0 Å². The van der Waals surface area contributed by atoms with Gasteiger partial charge in [0.05, 0.1) is 17.4 Å². The summed E-state index contributed by atoms with van der Waals surface area (Å²) in [6, 6.07) is 14.4. The van der Waals surface area contributed by atoms with Gasteiger partial charge < -0.3 is 25.7 Å². The van der Waals surface area contributed by atoms with Gasteiger partial charge in [0, 0.05) is 25.3 Å². The van der Waals surface area contributed by atoms with Crippen LogP contribution in [0.3, 0.4) is 0 Å². The normalized spacial score (nSPS) is 18.4. The molecule has 9 nitrogen and oxygen atoms in total. The summed E-state index contributed by atoms with van der Waals surface area (Å²) in [5.74, 6) is -4.33. The van der Waals surface area contributed by atoms with Crippen LogP contribution in [0.25, 0.3) is 22.1 Å². The van der Waals surface area contributed by atoms with Crippen LogP contribution in [0.15, 0.2) is 46.9 Å². The SMILES string of the molecule is CNc1ccc(-c2ccc3cc(C(=O)NC4(C(=O)NC5(C#N)CC5)CCC(F)(F)CC4)oc3c2)cc1NC=O. The maximum Gasteiger partial charge on any atom is 0.287 e. The third-order valence-electron chi connectivity index (χ3n) is 7.52. The van der Waals surface area contributed by atoms with E-state index >= 15 is 0 Å². The first-order valence-electron chi connectivity index (χ1n) is 12.6. The van der Waals surface area contributed by atoms with Crippen molar-refractivity contribution in [1.29, 1.82) is 5.26 Å². The van der Waals surface area contributed by atoms with E-state index in [-0.39, 0.29) is 18.6 Å². The van der Waals surface area contributed by atoms with Gasteiger partial charge in [0.2, 0.25) is 18.2 Å². The molecule has 0 unspecified atom stereocenters. The van der Waals surface area contributed by atoms with Crippen molar-refractivity contribution in [2.24, 2.45) is 0 Å². The molecule has 1 aromatic heterocycles. The number of benzene rings is 2. The van der Waals surface area contributed by atoms with Crippen molar-refractivity contribution in [3.8, 4) is 17.2 Å². The van der Waals surface area contributed by atoms with E-state index in [1.54, 1.807) is 25.2 Å². The van der Waals surface area contributed by atoms with Crippen molar-refractivity contribution in [3.05, 3.63) is 48.2 Å². The first kappa shape index (κ1) is 26.2. The molecule has 2 aromatic carbocycles. The fourth-order valence-corrected chi connectivity index (χ4v) is 4.90. The summed E-state index contributed by atoms with van der Waals surface area (Å²) >= 11 is 0. The minimum absolute atomic E-state index is 0.0677. The molecule has 39 heavy (non-hydrogen) atoms. The molecule has 11 heteroatoms. The van der Waals surface area contributed by atoms with Gasteiger partial charge in [-0.1, -0.05) is 18.2 Å². The van der Waals surface area contributed by atoms with E-state index in [9.17, 15) is 28.4 Å². The number of nitriles is 1. The largest absolute Gasteiger partial charge is 0.451 e. The van der Waals surface area contributed by atoms with Gasteiger partial charge in [-0.15, -0.1) is 0 Å². The highest BCUT2D eigenvalue weighted by atomic mass is 19.3. The molecule has 0 aliphatic heterocycles. The van der Waals surface area contributed by atoms with Gasteiger partial charge in [-0.25, -0.2) is 8.78 Å². The number of fused-ring (bicyclic) bond motifs is 1. The van der Waals surface area contributed by atoms with Crippen molar-refractivity contribution in [3.63, 3.8) is 0 Å². The van der Waals surface area contributed by atoms with Crippen LogP contribution < -0.4 is 21.3 Å². The number of furan rings is 1. The molecule has 2 aliphatic rings. The van der Waals surface area contributed by atoms with Crippen molar-refractivity contribution < 1.29 is 27.6 Å². The van der Waals surface area contributed by atoms with Crippen LogP contribution in [0.2, 0.25) is 0 Å². The standard InChI is InChI=1S/C28H27F2N5O4/c1-32-20-5-4-17(12-21(20)33-16-36)18-2-3-19-14-23(39-22(19)13-18)24(37)34-27(8-10-28(29,30)11-9-27)25(38)35-26(15-31)6-7-26/h2-5,12-14,16,32H,6-11H2,1H3,(H,33,36)(H,34,37)(H,35,38). The lowest BCUT2D eigenvalue weighted by Gasteiger charge is -2.39.